The Morgan fingerprint density at radius 3 is 1.10 bits per heavy atom. The summed E-state index contributed by atoms with van der Waals surface area (Å²) in [6.07, 6.45) is -49.7. The third kappa shape index (κ3) is 11.0. The van der Waals surface area contributed by atoms with Gasteiger partial charge in [0.1, 0.15) is 129 Å². The van der Waals surface area contributed by atoms with Crippen LogP contribution in [0.15, 0.2) is 0 Å². The van der Waals surface area contributed by atoms with Gasteiger partial charge in [0.05, 0.1) is 39.6 Å². The van der Waals surface area contributed by atoms with Crippen LogP contribution in [0.4, 0.5) is 8.78 Å². The first-order valence-electron chi connectivity index (χ1n) is 19.4. The van der Waals surface area contributed by atoms with Crippen molar-refractivity contribution in [3.05, 3.63) is 0 Å². The summed E-state index contributed by atoms with van der Waals surface area (Å²) >= 11 is 0. The minimum absolute atomic E-state index is 0.907. The van der Waals surface area contributed by atoms with Gasteiger partial charge in [-0.15, -0.1) is 0 Å². The molecular weight excluding hydrogens is 864 g/mol. The Labute approximate surface area is 349 Å². The molecule has 0 spiro atoms. The highest BCUT2D eigenvalue weighted by molar-refractivity contribution is 4.99. The zero-order valence-corrected chi connectivity index (χ0v) is 32.5. The van der Waals surface area contributed by atoms with Gasteiger partial charge in [-0.25, -0.2) is 8.78 Å². The lowest BCUT2D eigenvalue weighted by Gasteiger charge is -2.50. The lowest BCUT2D eigenvalue weighted by Crippen LogP contribution is -2.68. The lowest BCUT2D eigenvalue weighted by molar-refractivity contribution is -0.407. The van der Waals surface area contributed by atoms with Crippen LogP contribution in [-0.4, -0.2) is 287 Å². The molecule has 0 aromatic rings. The maximum absolute atomic E-state index is 13.9. The SMILES string of the molecule is NCC(F)(F)CO[C@H]1OC(CO)[C@@H](O)[C@H](O[C@H]2OC(CO)[C@@H](O)[C@H](O[C@H]3OC(CO)[C@@H](O)[C@H](O)C3O[C@H]3OC(CO)[C@@H](O)[C@H](O)C3O[C@H]3OC(CO)[C@@H](O)[C@H](O)C3O)C2O)C1O. The number of halogens is 2. The van der Waals surface area contributed by atoms with Crippen LogP contribution in [0.25, 0.3) is 0 Å². The van der Waals surface area contributed by atoms with Gasteiger partial charge in [-0.2, -0.15) is 0 Å². The number of rotatable bonds is 17. The highest BCUT2D eigenvalue weighted by atomic mass is 19.3. The first kappa shape index (κ1) is 51.8. The Morgan fingerprint density at radius 2 is 0.677 bits per heavy atom. The van der Waals surface area contributed by atoms with Crippen LogP contribution in [0.3, 0.4) is 0 Å². The minimum Gasteiger partial charge on any atom is -0.394 e. The average Bonchev–Trinajstić information content (AvgIpc) is 3.25. The number of aliphatic hydroxyl groups excluding tert-OH is 16. The highest BCUT2D eigenvalue weighted by Gasteiger charge is 2.57. The molecule has 0 aliphatic carbocycles. The first-order valence-corrected chi connectivity index (χ1v) is 19.4. The van der Waals surface area contributed by atoms with Crippen molar-refractivity contribution < 1.29 is 138 Å². The summed E-state index contributed by atoms with van der Waals surface area (Å²) in [5.74, 6) is -3.60. The summed E-state index contributed by atoms with van der Waals surface area (Å²) in [6, 6.07) is 0. The molecule has 0 radical (unpaired) electrons. The molecule has 5 rings (SSSR count). The highest BCUT2D eigenvalue weighted by Crippen LogP contribution is 2.36. The molecule has 0 saturated carbocycles. The van der Waals surface area contributed by atoms with Crippen molar-refractivity contribution in [2.75, 3.05) is 46.2 Å². The van der Waals surface area contributed by atoms with E-state index in [0.717, 1.165) is 0 Å². The summed E-state index contributed by atoms with van der Waals surface area (Å²) in [7, 11) is 0. The molecule has 5 heterocycles. The number of alkyl halides is 2. The molecule has 5 fully saturated rings. The molecule has 0 bridgehead atoms. The Bertz CT molecular complexity index is 1370. The molecule has 27 nitrogen and oxygen atoms in total. The van der Waals surface area contributed by atoms with E-state index >= 15 is 0 Å². The second kappa shape index (κ2) is 22.1. The van der Waals surface area contributed by atoms with Crippen LogP contribution in [0.5, 0.6) is 0 Å². The molecule has 18 N–H and O–H groups in total. The third-order valence-corrected chi connectivity index (χ3v) is 11.1. The van der Waals surface area contributed by atoms with E-state index in [0.29, 0.717) is 0 Å². The van der Waals surface area contributed by atoms with E-state index in [1.54, 1.807) is 0 Å². The maximum atomic E-state index is 13.9. The van der Waals surface area contributed by atoms with Crippen molar-refractivity contribution in [1.29, 1.82) is 0 Å². The molecule has 10 unspecified atom stereocenters. The molecule has 5 saturated heterocycles. The fraction of sp³-hybridized carbons (Fsp3) is 1.00. The Hall–Kier alpha value is -1.22. The van der Waals surface area contributed by atoms with Gasteiger partial charge in [-0.05, 0) is 0 Å². The van der Waals surface area contributed by atoms with E-state index in [1.165, 1.54) is 0 Å². The molecule has 62 heavy (non-hydrogen) atoms. The normalized spacial score (nSPS) is 49.5. The summed E-state index contributed by atoms with van der Waals surface area (Å²) in [5, 5.41) is 169. The van der Waals surface area contributed by atoms with Gasteiger partial charge in [0, 0.05) is 0 Å². The van der Waals surface area contributed by atoms with Gasteiger partial charge >= 0.3 is 0 Å². The monoisotopic (exact) mass is 921 g/mol. The third-order valence-electron chi connectivity index (χ3n) is 11.1. The smallest absolute Gasteiger partial charge is 0.283 e. The van der Waals surface area contributed by atoms with Gasteiger partial charge in [0.25, 0.3) is 5.92 Å². The fourth-order valence-corrected chi connectivity index (χ4v) is 7.36. The van der Waals surface area contributed by atoms with Crippen LogP contribution in [0, 0.1) is 0 Å². The van der Waals surface area contributed by atoms with E-state index in [2.05, 4.69) is 0 Å². The largest absolute Gasteiger partial charge is 0.394 e. The van der Waals surface area contributed by atoms with Crippen LogP contribution < -0.4 is 5.73 Å². The van der Waals surface area contributed by atoms with Crippen molar-refractivity contribution in [2.45, 2.75) is 159 Å². The molecule has 0 aromatic carbocycles. The van der Waals surface area contributed by atoms with Gasteiger partial charge in [-0.3, -0.25) is 0 Å². The molecule has 5 aliphatic heterocycles. The van der Waals surface area contributed by atoms with Crippen LogP contribution in [0.1, 0.15) is 0 Å². The summed E-state index contributed by atoms with van der Waals surface area (Å²) in [4.78, 5) is 0. The van der Waals surface area contributed by atoms with Gasteiger partial charge in [-0.1, -0.05) is 0 Å². The number of nitrogens with two attached hydrogens (primary N) is 1. The Balaban J connectivity index is 1.41. The number of ether oxygens (including phenoxy) is 10. The van der Waals surface area contributed by atoms with Crippen molar-refractivity contribution in [2.24, 2.45) is 5.73 Å². The second-order valence-electron chi connectivity index (χ2n) is 15.3. The zero-order valence-electron chi connectivity index (χ0n) is 32.5. The first-order chi connectivity index (χ1) is 29.3. The van der Waals surface area contributed by atoms with Crippen molar-refractivity contribution >= 4 is 0 Å². The van der Waals surface area contributed by atoms with Crippen LogP contribution in [0.2, 0.25) is 0 Å². The van der Waals surface area contributed by atoms with E-state index in [4.69, 9.17) is 53.1 Å². The lowest BCUT2D eigenvalue weighted by atomic mass is 9.95. The molecule has 25 atom stereocenters. The zero-order chi connectivity index (χ0) is 46.0. The molecule has 0 aromatic heterocycles. The van der Waals surface area contributed by atoms with E-state index in [1.807, 2.05) is 0 Å². The Morgan fingerprint density at radius 1 is 0.371 bits per heavy atom. The van der Waals surface area contributed by atoms with Crippen molar-refractivity contribution in [3.63, 3.8) is 0 Å². The van der Waals surface area contributed by atoms with Gasteiger partial charge < -0.3 is 135 Å². The number of aliphatic hydroxyl groups is 16. The van der Waals surface area contributed by atoms with Gasteiger partial charge in [0.15, 0.2) is 31.5 Å². The topological polar surface area (TPSA) is 442 Å². The van der Waals surface area contributed by atoms with Gasteiger partial charge in [0.2, 0.25) is 0 Å². The van der Waals surface area contributed by atoms with Crippen molar-refractivity contribution in [1.82, 2.24) is 0 Å². The minimum atomic E-state index is -3.60. The van der Waals surface area contributed by atoms with E-state index < -0.39 is 206 Å². The second-order valence-corrected chi connectivity index (χ2v) is 15.3. The average molecular weight is 922 g/mol. The maximum Gasteiger partial charge on any atom is 0.283 e. The molecule has 29 heteroatoms. The summed E-state index contributed by atoms with van der Waals surface area (Å²) in [6.45, 7) is -7.49. The van der Waals surface area contributed by atoms with Crippen LogP contribution in [-0.2, 0) is 47.4 Å². The van der Waals surface area contributed by atoms with E-state index in [-0.39, 0.29) is 0 Å². The fourth-order valence-electron chi connectivity index (χ4n) is 7.36. The molecule has 364 valence electrons. The number of hydrogen-bond acceptors (Lipinski definition) is 27. The summed E-state index contributed by atoms with van der Waals surface area (Å²) in [5.41, 5.74) is 5.02. The predicted molar refractivity (Wildman–Crippen MR) is 184 cm³/mol. The molecule has 5 aliphatic rings. The summed E-state index contributed by atoms with van der Waals surface area (Å²) < 4.78 is 82.9. The quantitative estimate of drug-likeness (QED) is 0.0644. The number of hydrogen-bond donors (Lipinski definition) is 17. The standard InChI is InChI=1S/C33H57F2NO26/c34-33(35,6-36)7-53-28-22(51)24(16(45)11(4-40)54-28)59-30-23(52)25(17(46)12(5-41)56-30)60-31-27(20(49)15(44)9(2-38)57-31)62-32-26(19(48)14(43)10(3-39)58-32)61-29-21(50)18(47)13(42)8(1-37)55-29/h8-32,37-52H,1-7,36H2/t8?,9?,10?,11?,12?,13-,14-,15-,16-,17-,18+,19+,20+,21?,22?,23?,24+,25+,26?,27?,28+,29-,30-,31-,32-/m1/s1. The molecular formula is C33H57F2NO26. The van der Waals surface area contributed by atoms with E-state index in [9.17, 15) is 90.5 Å². The Kier molecular flexibility index (Phi) is 18.4. The van der Waals surface area contributed by atoms with Crippen molar-refractivity contribution in [3.8, 4) is 0 Å². The molecule has 0 amide bonds. The predicted octanol–water partition coefficient (Wildman–Crippen LogP) is -11.3. The van der Waals surface area contributed by atoms with Crippen LogP contribution >= 0.6 is 0 Å².